The van der Waals surface area contributed by atoms with Crippen molar-refractivity contribution in [3.05, 3.63) is 59.2 Å². The molecular formula is C30H40N4O3. The number of amides is 3. The maximum Gasteiger partial charge on any atom is 0.256 e. The van der Waals surface area contributed by atoms with Gasteiger partial charge in [0.05, 0.1) is 5.56 Å². The third-order valence-corrected chi connectivity index (χ3v) is 7.21. The molecule has 2 fully saturated rings. The second-order valence-electron chi connectivity index (χ2n) is 10.7. The van der Waals surface area contributed by atoms with Gasteiger partial charge < -0.3 is 20.0 Å². The molecule has 2 aromatic carbocycles. The minimum Gasteiger partial charge on any atom is -0.369 e. The molecule has 7 heteroatoms. The SMILES string of the molecule is Cc1ccc(C(=O)Nc2ccc(N3CCCN(C(=O)CC(C)C)CC3)c(C(=O)N3CCCCC3)c2)cc1. The van der Waals surface area contributed by atoms with Crippen molar-refractivity contribution in [3.8, 4) is 0 Å². The zero-order valence-electron chi connectivity index (χ0n) is 22.5. The van der Waals surface area contributed by atoms with Crippen LogP contribution in [0.5, 0.6) is 0 Å². The first kappa shape index (κ1) is 26.7. The monoisotopic (exact) mass is 504 g/mol. The van der Waals surface area contributed by atoms with Crippen molar-refractivity contribution in [1.29, 1.82) is 0 Å². The maximum atomic E-state index is 13.7. The molecule has 2 aliphatic rings. The molecule has 37 heavy (non-hydrogen) atoms. The van der Waals surface area contributed by atoms with E-state index < -0.39 is 0 Å². The van der Waals surface area contributed by atoms with Crippen LogP contribution in [0.2, 0.25) is 0 Å². The van der Waals surface area contributed by atoms with Crippen molar-refractivity contribution in [2.75, 3.05) is 49.5 Å². The smallest absolute Gasteiger partial charge is 0.256 e. The van der Waals surface area contributed by atoms with Gasteiger partial charge in [0.15, 0.2) is 0 Å². The Labute approximate surface area is 220 Å². The minimum absolute atomic E-state index is 0.0122. The first-order valence-electron chi connectivity index (χ1n) is 13.7. The fraction of sp³-hybridized carbons (Fsp3) is 0.500. The van der Waals surface area contributed by atoms with Gasteiger partial charge in [-0.2, -0.15) is 0 Å². The van der Waals surface area contributed by atoms with E-state index in [9.17, 15) is 14.4 Å². The molecule has 2 heterocycles. The van der Waals surface area contributed by atoms with E-state index in [1.165, 1.54) is 0 Å². The number of benzene rings is 2. The van der Waals surface area contributed by atoms with Gasteiger partial charge in [0.2, 0.25) is 5.91 Å². The summed E-state index contributed by atoms with van der Waals surface area (Å²) in [7, 11) is 0. The topological polar surface area (TPSA) is 73.0 Å². The molecule has 2 aliphatic heterocycles. The Morgan fingerprint density at radius 2 is 1.51 bits per heavy atom. The molecule has 0 atom stereocenters. The van der Waals surface area contributed by atoms with Crippen molar-refractivity contribution in [3.63, 3.8) is 0 Å². The number of anilines is 2. The van der Waals surface area contributed by atoms with Gasteiger partial charge in [-0.15, -0.1) is 0 Å². The standard InChI is InChI=1S/C30H40N4O3/c1-22(2)20-28(35)33-17-7-16-32(18-19-33)27-13-12-25(31-29(36)24-10-8-23(3)9-11-24)21-26(27)30(37)34-14-5-4-6-15-34/h8-13,21-22H,4-7,14-20H2,1-3H3,(H,31,36). The lowest BCUT2D eigenvalue weighted by molar-refractivity contribution is -0.131. The second kappa shape index (κ2) is 12.3. The fourth-order valence-electron chi connectivity index (χ4n) is 5.12. The van der Waals surface area contributed by atoms with E-state index in [-0.39, 0.29) is 17.7 Å². The Bertz CT molecular complexity index is 1110. The summed E-state index contributed by atoms with van der Waals surface area (Å²) in [4.78, 5) is 45.4. The van der Waals surface area contributed by atoms with E-state index in [4.69, 9.17) is 0 Å². The van der Waals surface area contributed by atoms with Crippen LogP contribution in [0.25, 0.3) is 0 Å². The minimum atomic E-state index is -0.196. The summed E-state index contributed by atoms with van der Waals surface area (Å²) in [6, 6.07) is 13.1. The molecule has 0 radical (unpaired) electrons. The maximum absolute atomic E-state index is 13.7. The molecule has 0 unspecified atom stereocenters. The first-order valence-corrected chi connectivity index (χ1v) is 13.7. The Balaban J connectivity index is 1.57. The van der Waals surface area contributed by atoms with Crippen molar-refractivity contribution in [2.45, 2.75) is 52.9 Å². The normalized spacial score (nSPS) is 16.5. The molecule has 7 nitrogen and oxygen atoms in total. The number of hydrogen-bond donors (Lipinski definition) is 1. The van der Waals surface area contributed by atoms with Crippen molar-refractivity contribution in [2.24, 2.45) is 5.92 Å². The molecule has 0 bridgehead atoms. The van der Waals surface area contributed by atoms with Crippen LogP contribution in [0.15, 0.2) is 42.5 Å². The molecule has 1 N–H and O–H groups in total. The molecule has 0 saturated carbocycles. The molecular weight excluding hydrogens is 464 g/mol. The third-order valence-electron chi connectivity index (χ3n) is 7.21. The van der Waals surface area contributed by atoms with Gasteiger partial charge in [-0.05, 0) is 68.9 Å². The van der Waals surface area contributed by atoms with E-state index in [1.54, 1.807) is 0 Å². The average Bonchev–Trinajstić information content (AvgIpc) is 3.15. The van der Waals surface area contributed by atoms with Crippen molar-refractivity contribution < 1.29 is 14.4 Å². The van der Waals surface area contributed by atoms with Crippen LogP contribution in [-0.2, 0) is 4.79 Å². The number of nitrogens with zero attached hydrogens (tertiary/aromatic N) is 3. The van der Waals surface area contributed by atoms with Crippen LogP contribution < -0.4 is 10.2 Å². The summed E-state index contributed by atoms with van der Waals surface area (Å²) in [5.74, 6) is 0.357. The molecule has 2 saturated heterocycles. The largest absolute Gasteiger partial charge is 0.369 e. The predicted octanol–water partition coefficient (Wildman–Crippen LogP) is 4.96. The zero-order valence-corrected chi connectivity index (χ0v) is 22.5. The van der Waals surface area contributed by atoms with Crippen molar-refractivity contribution in [1.82, 2.24) is 9.80 Å². The van der Waals surface area contributed by atoms with Gasteiger partial charge in [-0.25, -0.2) is 0 Å². The number of carbonyl (C=O) groups excluding carboxylic acids is 3. The van der Waals surface area contributed by atoms with Crippen LogP contribution >= 0.6 is 0 Å². The van der Waals surface area contributed by atoms with Crippen LogP contribution in [0.4, 0.5) is 11.4 Å². The van der Waals surface area contributed by atoms with Crippen LogP contribution in [0.1, 0.15) is 72.2 Å². The third kappa shape index (κ3) is 6.90. The summed E-state index contributed by atoms with van der Waals surface area (Å²) >= 11 is 0. The van der Waals surface area contributed by atoms with Gasteiger partial charge in [0.25, 0.3) is 11.8 Å². The predicted molar refractivity (Wildman–Crippen MR) is 148 cm³/mol. The zero-order chi connectivity index (χ0) is 26.4. The summed E-state index contributed by atoms with van der Waals surface area (Å²) in [6.07, 6.45) is 4.60. The number of aryl methyl sites for hydroxylation is 1. The Hall–Kier alpha value is -3.35. The summed E-state index contributed by atoms with van der Waals surface area (Å²) in [5, 5.41) is 2.98. The molecule has 0 spiro atoms. The number of hydrogen-bond acceptors (Lipinski definition) is 4. The van der Waals surface area contributed by atoms with E-state index in [0.29, 0.717) is 42.2 Å². The van der Waals surface area contributed by atoms with Crippen LogP contribution in [-0.4, -0.2) is 66.8 Å². The highest BCUT2D eigenvalue weighted by molar-refractivity contribution is 6.06. The van der Waals surface area contributed by atoms with E-state index in [2.05, 4.69) is 24.1 Å². The van der Waals surface area contributed by atoms with Gasteiger partial charge in [-0.1, -0.05) is 31.5 Å². The Morgan fingerprint density at radius 1 is 0.811 bits per heavy atom. The summed E-state index contributed by atoms with van der Waals surface area (Å²) in [6.45, 7) is 10.5. The lowest BCUT2D eigenvalue weighted by Crippen LogP contribution is -2.38. The van der Waals surface area contributed by atoms with Crippen LogP contribution in [0.3, 0.4) is 0 Å². The van der Waals surface area contributed by atoms with Crippen LogP contribution in [0, 0.1) is 12.8 Å². The highest BCUT2D eigenvalue weighted by atomic mass is 16.2. The van der Waals surface area contributed by atoms with Gasteiger partial charge in [0, 0.05) is 62.6 Å². The van der Waals surface area contributed by atoms with Crippen molar-refractivity contribution >= 4 is 29.1 Å². The van der Waals surface area contributed by atoms with Gasteiger partial charge in [0.1, 0.15) is 0 Å². The number of carbonyl (C=O) groups is 3. The lowest BCUT2D eigenvalue weighted by atomic mass is 10.1. The van der Waals surface area contributed by atoms with Gasteiger partial charge >= 0.3 is 0 Å². The van der Waals surface area contributed by atoms with E-state index in [1.807, 2.05) is 59.2 Å². The molecule has 198 valence electrons. The number of likely N-dealkylation sites (tertiary alicyclic amines) is 1. The van der Waals surface area contributed by atoms with E-state index in [0.717, 1.165) is 63.1 Å². The summed E-state index contributed by atoms with van der Waals surface area (Å²) < 4.78 is 0. The molecule has 4 rings (SSSR count). The number of rotatable bonds is 6. The highest BCUT2D eigenvalue weighted by Gasteiger charge is 2.26. The number of nitrogens with one attached hydrogen (secondary N) is 1. The molecule has 2 aromatic rings. The quantitative estimate of drug-likeness (QED) is 0.604. The fourth-order valence-corrected chi connectivity index (χ4v) is 5.12. The summed E-state index contributed by atoms with van der Waals surface area (Å²) in [5.41, 5.74) is 3.78. The molecule has 0 aliphatic carbocycles. The lowest BCUT2D eigenvalue weighted by Gasteiger charge is -2.30. The van der Waals surface area contributed by atoms with Gasteiger partial charge in [-0.3, -0.25) is 14.4 Å². The average molecular weight is 505 g/mol. The number of piperidine rings is 1. The Morgan fingerprint density at radius 3 is 2.22 bits per heavy atom. The Kier molecular flexibility index (Phi) is 8.85. The highest BCUT2D eigenvalue weighted by Crippen LogP contribution is 2.28. The first-order chi connectivity index (χ1) is 17.8. The van der Waals surface area contributed by atoms with E-state index >= 15 is 0 Å². The molecule has 3 amide bonds. The second-order valence-corrected chi connectivity index (χ2v) is 10.7. The molecule has 0 aromatic heterocycles.